The van der Waals surface area contributed by atoms with E-state index in [1.54, 1.807) is 0 Å². The van der Waals surface area contributed by atoms with Gasteiger partial charge in [-0.15, -0.1) is 0 Å². The summed E-state index contributed by atoms with van der Waals surface area (Å²) in [5.41, 5.74) is 2.71. The van der Waals surface area contributed by atoms with Crippen molar-refractivity contribution in [2.75, 3.05) is 0 Å². The minimum Gasteiger partial charge on any atom is -0.206 e. The Kier molecular flexibility index (Phi) is 7.98. The summed E-state index contributed by atoms with van der Waals surface area (Å²) in [6.07, 6.45) is 8.17. The summed E-state index contributed by atoms with van der Waals surface area (Å²) in [5.74, 6) is -2.64. The fourth-order valence-electron chi connectivity index (χ4n) is 5.15. The molecule has 4 rings (SSSR count). The summed E-state index contributed by atoms with van der Waals surface area (Å²) in [6, 6.07) is 13.3. The first-order chi connectivity index (χ1) is 16.4. The predicted molar refractivity (Wildman–Crippen MR) is 130 cm³/mol. The van der Waals surface area contributed by atoms with Gasteiger partial charge >= 0.3 is 0 Å². The van der Waals surface area contributed by atoms with Crippen molar-refractivity contribution in [2.45, 2.75) is 64.2 Å². The first kappa shape index (κ1) is 24.8. The van der Waals surface area contributed by atoms with Crippen LogP contribution in [0.3, 0.4) is 0 Å². The molecule has 0 unspecified atom stereocenters. The molecule has 0 atom stereocenters. The van der Waals surface area contributed by atoms with Crippen molar-refractivity contribution < 1.29 is 17.6 Å². The number of hydrogen-bond donors (Lipinski definition) is 0. The van der Waals surface area contributed by atoms with Crippen LogP contribution in [0.1, 0.15) is 68.1 Å². The zero-order valence-corrected chi connectivity index (χ0v) is 20.1. The number of rotatable bonds is 7. The molecule has 1 fully saturated rings. The van der Waals surface area contributed by atoms with Gasteiger partial charge in [-0.2, -0.15) is 0 Å². The molecule has 1 aliphatic carbocycles. The topological polar surface area (TPSA) is 0 Å². The van der Waals surface area contributed by atoms with E-state index in [9.17, 15) is 17.6 Å². The molecule has 0 spiro atoms. The summed E-state index contributed by atoms with van der Waals surface area (Å²) in [5, 5.41) is -0.690. The molecule has 0 amide bonds. The SMILES string of the molecule is CCCc1ccc([C@H]2CC[C@H](CCc3cc(F)c(-c4cc(F)c(Cl)c(F)c4)c(F)c3)CC2)cc1. The standard InChI is InChI=1S/C29H29ClF4/c1-2-3-18-6-10-21(11-7-18)22-12-8-19(9-13-22)4-5-20-14-24(31)28(25(32)15-20)23-16-26(33)29(30)27(34)17-23/h6-7,10-11,14-17,19,22H,2-5,8-9,12-13H2,1H3/t19-,22-. The molecule has 1 aliphatic rings. The normalized spacial score (nSPS) is 18.3. The molecule has 3 aromatic rings. The van der Waals surface area contributed by atoms with E-state index in [1.165, 1.54) is 23.3 Å². The summed E-state index contributed by atoms with van der Waals surface area (Å²) >= 11 is 5.48. The Morgan fingerprint density at radius 2 is 1.32 bits per heavy atom. The van der Waals surface area contributed by atoms with Gasteiger partial charge in [0.15, 0.2) is 0 Å². The van der Waals surface area contributed by atoms with Crippen molar-refractivity contribution in [2.24, 2.45) is 5.92 Å². The van der Waals surface area contributed by atoms with Crippen LogP contribution in [-0.2, 0) is 12.8 Å². The van der Waals surface area contributed by atoms with Crippen LogP contribution in [0, 0.1) is 29.2 Å². The number of halogens is 5. The molecule has 180 valence electrons. The highest BCUT2D eigenvalue weighted by Crippen LogP contribution is 2.38. The van der Waals surface area contributed by atoms with Crippen LogP contribution in [0.4, 0.5) is 17.6 Å². The minimum absolute atomic E-state index is 0.206. The molecule has 0 aromatic heterocycles. The van der Waals surface area contributed by atoms with Crippen LogP contribution >= 0.6 is 11.6 Å². The Balaban J connectivity index is 1.35. The average molecular weight is 489 g/mol. The number of aryl methyl sites for hydroxylation is 2. The Hall–Kier alpha value is -2.33. The van der Waals surface area contributed by atoms with Crippen molar-refractivity contribution >= 4 is 11.6 Å². The first-order valence-corrected chi connectivity index (χ1v) is 12.4. The third-order valence-corrected chi connectivity index (χ3v) is 7.41. The fraction of sp³-hybridized carbons (Fsp3) is 0.379. The van der Waals surface area contributed by atoms with Gasteiger partial charge in [0.25, 0.3) is 0 Å². The highest BCUT2D eigenvalue weighted by atomic mass is 35.5. The van der Waals surface area contributed by atoms with Crippen LogP contribution in [0.5, 0.6) is 0 Å². The van der Waals surface area contributed by atoms with Crippen LogP contribution in [-0.4, -0.2) is 0 Å². The maximum absolute atomic E-state index is 14.7. The molecule has 0 heterocycles. The second-order valence-electron chi connectivity index (χ2n) is 9.44. The molecule has 0 radical (unpaired) electrons. The van der Waals surface area contributed by atoms with Crippen LogP contribution in [0.25, 0.3) is 11.1 Å². The fourth-order valence-corrected chi connectivity index (χ4v) is 5.26. The maximum Gasteiger partial charge on any atom is 0.145 e. The summed E-state index contributed by atoms with van der Waals surface area (Å²) in [4.78, 5) is 0. The predicted octanol–water partition coefficient (Wildman–Crippen LogP) is 9.42. The van der Waals surface area contributed by atoms with Crippen molar-refractivity contribution in [1.29, 1.82) is 0 Å². The van der Waals surface area contributed by atoms with Gasteiger partial charge in [0.2, 0.25) is 0 Å². The van der Waals surface area contributed by atoms with Crippen LogP contribution in [0.2, 0.25) is 5.02 Å². The molecule has 0 aliphatic heterocycles. The van der Waals surface area contributed by atoms with E-state index in [2.05, 4.69) is 31.2 Å². The first-order valence-electron chi connectivity index (χ1n) is 12.1. The van der Waals surface area contributed by atoms with E-state index < -0.39 is 33.9 Å². The minimum atomic E-state index is -1.05. The highest BCUT2D eigenvalue weighted by Gasteiger charge is 2.23. The van der Waals surface area contributed by atoms with E-state index in [0.29, 0.717) is 23.8 Å². The summed E-state index contributed by atoms with van der Waals surface area (Å²) in [6.45, 7) is 2.19. The maximum atomic E-state index is 14.7. The van der Waals surface area contributed by atoms with Gasteiger partial charge in [-0.05, 0) is 103 Å². The lowest BCUT2D eigenvalue weighted by Gasteiger charge is -2.29. The van der Waals surface area contributed by atoms with Gasteiger partial charge in [-0.3, -0.25) is 0 Å². The van der Waals surface area contributed by atoms with Crippen molar-refractivity contribution in [3.8, 4) is 11.1 Å². The Morgan fingerprint density at radius 1 is 0.735 bits per heavy atom. The molecular formula is C29H29ClF4. The molecule has 0 nitrogen and oxygen atoms in total. The second kappa shape index (κ2) is 10.9. The molecule has 1 saturated carbocycles. The van der Waals surface area contributed by atoms with Gasteiger partial charge in [-0.1, -0.05) is 49.2 Å². The van der Waals surface area contributed by atoms with E-state index in [1.807, 2.05) is 0 Å². The lowest BCUT2D eigenvalue weighted by molar-refractivity contribution is 0.310. The van der Waals surface area contributed by atoms with E-state index in [0.717, 1.165) is 57.1 Å². The lowest BCUT2D eigenvalue weighted by Crippen LogP contribution is -2.14. The Morgan fingerprint density at radius 3 is 1.88 bits per heavy atom. The third-order valence-electron chi connectivity index (χ3n) is 7.05. The molecule has 5 heteroatoms. The Bertz CT molecular complexity index is 1090. The van der Waals surface area contributed by atoms with Crippen molar-refractivity contribution in [3.63, 3.8) is 0 Å². The smallest absolute Gasteiger partial charge is 0.145 e. The lowest BCUT2D eigenvalue weighted by atomic mass is 9.76. The van der Waals surface area contributed by atoms with Gasteiger partial charge in [-0.25, -0.2) is 17.6 Å². The number of benzene rings is 3. The quantitative estimate of drug-likeness (QED) is 0.229. The summed E-state index contributed by atoms with van der Waals surface area (Å²) in [7, 11) is 0. The third kappa shape index (κ3) is 5.66. The van der Waals surface area contributed by atoms with Crippen LogP contribution < -0.4 is 0 Å². The van der Waals surface area contributed by atoms with E-state index >= 15 is 0 Å². The monoisotopic (exact) mass is 488 g/mol. The molecule has 0 saturated heterocycles. The number of hydrogen-bond acceptors (Lipinski definition) is 0. The highest BCUT2D eigenvalue weighted by molar-refractivity contribution is 6.31. The van der Waals surface area contributed by atoms with Gasteiger partial charge in [0.1, 0.15) is 28.3 Å². The zero-order chi connectivity index (χ0) is 24.2. The second-order valence-corrected chi connectivity index (χ2v) is 9.81. The van der Waals surface area contributed by atoms with Gasteiger partial charge < -0.3 is 0 Å². The van der Waals surface area contributed by atoms with Gasteiger partial charge in [0.05, 0.1) is 5.56 Å². The van der Waals surface area contributed by atoms with Crippen molar-refractivity contribution in [1.82, 2.24) is 0 Å². The zero-order valence-electron chi connectivity index (χ0n) is 19.3. The molecular weight excluding hydrogens is 460 g/mol. The largest absolute Gasteiger partial charge is 0.206 e. The molecule has 34 heavy (non-hydrogen) atoms. The average Bonchev–Trinajstić information content (AvgIpc) is 2.82. The molecule has 3 aromatic carbocycles. The molecule has 0 bridgehead atoms. The van der Waals surface area contributed by atoms with E-state index in [-0.39, 0.29) is 5.56 Å². The van der Waals surface area contributed by atoms with Gasteiger partial charge in [0, 0.05) is 0 Å². The van der Waals surface area contributed by atoms with Crippen LogP contribution in [0.15, 0.2) is 48.5 Å². The van der Waals surface area contributed by atoms with E-state index in [4.69, 9.17) is 11.6 Å². The Labute approximate surface area is 204 Å². The van der Waals surface area contributed by atoms with Crippen molar-refractivity contribution in [3.05, 3.63) is 93.5 Å². The summed E-state index contributed by atoms with van der Waals surface area (Å²) < 4.78 is 57.0. The molecule has 0 N–H and O–H groups in total.